The minimum absolute atomic E-state index is 0.0973. The number of aromatic nitrogens is 4. The second-order valence-electron chi connectivity index (χ2n) is 6.93. The topological polar surface area (TPSA) is 101 Å². The Balaban J connectivity index is 1.90. The number of benzene rings is 2. The van der Waals surface area contributed by atoms with Crippen molar-refractivity contribution in [2.45, 2.75) is 26.7 Å². The maximum absolute atomic E-state index is 13.0. The van der Waals surface area contributed by atoms with E-state index in [1.165, 1.54) is 7.11 Å². The van der Waals surface area contributed by atoms with Crippen molar-refractivity contribution in [3.05, 3.63) is 68.0 Å². The molecule has 166 valence electrons. The molecular weight excluding hydrogens is 436 g/mol. The number of hydrogen-bond donors (Lipinski definition) is 0. The maximum atomic E-state index is 13.0. The zero-order valence-electron chi connectivity index (χ0n) is 17.8. The van der Waals surface area contributed by atoms with Crippen LogP contribution in [0.15, 0.2) is 50.4 Å². The van der Waals surface area contributed by atoms with Crippen LogP contribution in [0.3, 0.4) is 0 Å². The Morgan fingerprint density at radius 3 is 2.50 bits per heavy atom. The molecule has 9 nitrogen and oxygen atoms in total. The molecule has 32 heavy (non-hydrogen) atoms. The first-order chi connectivity index (χ1) is 15.5. The highest BCUT2D eigenvalue weighted by molar-refractivity contribution is 6.30. The van der Waals surface area contributed by atoms with Crippen LogP contribution in [-0.2, 0) is 6.42 Å². The third-order valence-electron chi connectivity index (χ3n) is 4.83. The lowest BCUT2D eigenvalue weighted by atomic mass is 10.0. The minimum atomic E-state index is -0.787. The lowest BCUT2D eigenvalue weighted by molar-refractivity contribution is 0.332. The van der Waals surface area contributed by atoms with Crippen molar-refractivity contribution in [2.75, 3.05) is 13.7 Å². The molecule has 0 bridgehead atoms. The molecule has 0 spiro atoms. The molecule has 0 aliphatic heterocycles. The van der Waals surface area contributed by atoms with Gasteiger partial charge in [-0.05, 0) is 49.2 Å². The highest BCUT2D eigenvalue weighted by Crippen LogP contribution is 2.36. The van der Waals surface area contributed by atoms with Gasteiger partial charge in [0, 0.05) is 11.1 Å². The summed E-state index contributed by atoms with van der Waals surface area (Å²) in [6, 6.07) is 9.87. The molecule has 2 heterocycles. The lowest BCUT2D eigenvalue weighted by Crippen LogP contribution is -2.38. The largest absolute Gasteiger partial charge is 0.496 e. The molecule has 0 aliphatic rings. The fraction of sp³-hybridized carbons (Fsp3) is 0.273. The van der Waals surface area contributed by atoms with Crippen LogP contribution in [0.25, 0.3) is 23.0 Å². The standard InChI is InChI=1S/C22H21ClN4O5/c1-4-6-13-11-16(18(30-3)12-17(13)31-5-2)19-25-27-21(32-19)24-20(28)26(22(27)29)15-9-7-14(23)8-10-15/h7-12H,4-6H2,1-3H3. The summed E-state index contributed by atoms with van der Waals surface area (Å²) in [6.45, 7) is 4.48. The van der Waals surface area contributed by atoms with Crippen LogP contribution in [0.2, 0.25) is 5.02 Å². The van der Waals surface area contributed by atoms with Gasteiger partial charge in [-0.2, -0.15) is 0 Å². The van der Waals surface area contributed by atoms with Gasteiger partial charge in [0.05, 0.1) is 25.0 Å². The van der Waals surface area contributed by atoms with Crippen LogP contribution in [-0.4, -0.2) is 32.9 Å². The van der Waals surface area contributed by atoms with E-state index in [1.54, 1.807) is 30.3 Å². The summed E-state index contributed by atoms with van der Waals surface area (Å²) in [5.74, 6) is 1.05. The van der Waals surface area contributed by atoms with E-state index < -0.39 is 11.4 Å². The summed E-state index contributed by atoms with van der Waals surface area (Å²) in [5.41, 5.74) is 0.296. The molecule has 0 fully saturated rings. The number of aryl methyl sites for hydroxylation is 1. The number of halogens is 1. The Morgan fingerprint density at radius 2 is 1.84 bits per heavy atom. The van der Waals surface area contributed by atoms with Gasteiger partial charge in [-0.3, -0.25) is 0 Å². The van der Waals surface area contributed by atoms with E-state index in [4.69, 9.17) is 25.5 Å². The van der Waals surface area contributed by atoms with Crippen molar-refractivity contribution in [1.29, 1.82) is 0 Å². The zero-order chi connectivity index (χ0) is 22.8. The quantitative estimate of drug-likeness (QED) is 0.419. The second-order valence-corrected chi connectivity index (χ2v) is 7.37. The molecule has 4 rings (SSSR count). The summed E-state index contributed by atoms with van der Waals surface area (Å²) in [5, 5.41) is 4.76. The van der Waals surface area contributed by atoms with E-state index in [0.29, 0.717) is 34.4 Å². The number of fused-ring (bicyclic) bond motifs is 1. The van der Waals surface area contributed by atoms with Crippen LogP contribution in [0.5, 0.6) is 11.5 Å². The first kappa shape index (κ1) is 21.6. The van der Waals surface area contributed by atoms with E-state index in [0.717, 1.165) is 27.5 Å². The van der Waals surface area contributed by atoms with Crippen molar-refractivity contribution in [2.24, 2.45) is 0 Å². The number of nitrogens with zero attached hydrogens (tertiary/aromatic N) is 4. The normalized spacial score (nSPS) is 11.1. The molecular formula is C22H21ClN4O5. The van der Waals surface area contributed by atoms with Crippen molar-refractivity contribution in [1.82, 2.24) is 19.2 Å². The highest BCUT2D eigenvalue weighted by atomic mass is 35.5. The Kier molecular flexibility index (Phi) is 6.00. The molecule has 10 heteroatoms. The van der Waals surface area contributed by atoms with Crippen molar-refractivity contribution in [3.63, 3.8) is 0 Å². The fourth-order valence-electron chi connectivity index (χ4n) is 3.40. The average molecular weight is 457 g/mol. The second kappa shape index (κ2) is 8.88. The van der Waals surface area contributed by atoms with Gasteiger partial charge in [0.1, 0.15) is 11.5 Å². The Bertz CT molecular complexity index is 1390. The van der Waals surface area contributed by atoms with E-state index in [-0.39, 0.29) is 11.7 Å². The molecule has 0 amide bonds. The molecule has 0 aliphatic carbocycles. The molecule has 2 aromatic heterocycles. The van der Waals surface area contributed by atoms with Crippen LogP contribution < -0.4 is 20.9 Å². The van der Waals surface area contributed by atoms with Crippen LogP contribution in [0, 0.1) is 0 Å². The maximum Gasteiger partial charge on any atom is 0.362 e. The van der Waals surface area contributed by atoms with Gasteiger partial charge < -0.3 is 13.9 Å². The monoisotopic (exact) mass is 456 g/mol. The van der Waals surface area contributed by atoms with Crippen molar-refractivity contribution < 1.29 is 13.9 Å². The predicted molar refractivity (Wildman–Crippen MR) is 119 cm³/mol. The van der Waals surface area contributed by atoms with E-state index >= 15 is 0 Å². The lowest BCUT2D eigenvalue weighted by Gasteiger charge is -2.14. The summed E-state index contributed by atoms with van der Waals surface area (Å²) >= 11 is 5.91. The van der Waals surface area contributed by atoms with E-state index in [1.807, 2.05) is 13.0 Å². The van der Waals surface area contributed by atoms with E-state index in [9.17, 15) is 9.59 Å². The molecule has 0 unspecified atom stereocenters. The van der Waals surface area contributed by atoms with Gasteiger partial charge in [0.25, 0.3) is 5.89 Å². The fourth-order valence-corrected chi connectivity index (χ4v) is 3.53. The smallest absolute Gasteiger partial charge is 0.362 e. The summed E-state index contributed by atoms with van der Waals surface area (Å²) in [6.07, 6.45) is 1.67. The van der Waals surface area contributed by atoms with Crippen LogP contribution >= 0.6 is 11.6 Å². The Morgan fingerprint density at radius 1 is 1.09 bits per heavy atom. The molecule has 2 aromatic carbocycles. The zero-order valence-corrected chi connectivity index (χ0v) is 18.5. The third kappa shape index (κ3) is 3.87. The molecule has 4 aromatic rings. The summed E-state index contributed by atoms with van der Waals surface area (Å²) in [4.78, 5) is 29.4. The van der Waals surface area contributed by atoms with Crippen molar-refractivity contribution in [3.8, 4) is 28.6 Å². The highest BCUT2D eigenvalue weighted by Gasteiger charge is 2.21. The third-order valence-corrected chi connectivity index (χ3v) is 5.08. The molecule has 0 atom stereocenters. The van der Waals surface area contributed by atoms with Gasteiger partial charge in [-0.1, -0.05) is 24.9 Å². The number of rotatable bonds is 7. The molecule has 0 N–H and O–H groups in total. The number of methoxy groups -OCH3 is 1. The van der Waals surface area contributed by atoms with Gasteiger partial charge >= 0.3 is 17.2 Å². The van der Waals surface area contributed by atoms with E-state index in [2.05, 4.69) is 17.0 Å². The SMILES string of the molecule is CCCc1cc(-c2nn3c(=O)n(-c4ccc(Cl)cc4)c(=O)nc3o2)c(OC)cc1OCC. The van der Waals surface area contributed by atoms with Gasteiger partial charge in [-0.25, -0.2) is 14.2 Å². The Hall–Kier alpha value is -3.59. The van der Waals surface area contributed by atoms with Gasteiger partial charge in [-0.15, -0.1) is 14.6 Å². The van der Waals surface area contributed by atoms with Gasteiger partial charge in [0.15, 0.2) is 0 Å². The molecule has 0 saturated heterocycles. The summed E-state index contributed by atoms with van der Waals surface area (Å²) < 4.78 is 18.8. The predicted octanol–water partition coefficient (Wildman–Crippen LogP) is 3.51. The minimum Gasteiger partial charge on any atom is -0.496 e. The van der Waals surface area contributed by atoms with Crippen LogP contribution in [0.4, 0.5) is 0 Å². The molecule has 0 radical (unpaired) electrons. The number of ether oxygens (including phenoxy) is 2. The first-order valence-electron chi connectivity index (χ1n) is 10.1. The van der Waals surface area contributed by atoms with Crippen molar-refractivity contribution >= 4 is 17.4 Å². The van der Waals surface area contributed by atoms with Gasteiger partial charge in [0.2, 0.25) is 0 Å². The number of hydrogen-bond acceptors (Lipinski definition) is 7. The average Bonchev–Trinajstić information content (AvgIpc) is 3.20. The molecule has 0 saturated carbocycles. The first-order valence-corrected chi connectivity index (χ1v) is 10.5. The van der Waals surface area contributed by atoms with Crippen LogP contribution in [0.1, 0.15) is 25.8 Å². The Labute approximate surface area is 187 Å². The summed E-state index contributed by atoms with van der Waals surface area (Å²) in [7, 11) is 1.52.